The van der Waals surface area contributed by atoms with Gasteiger partial charge in [-0.05, 0) is 36.2 Å². The van der Waals surface area contributed by atoms with Gasteiger partial charge in [0, 0.05) is 12.6 Å². The van der Waals surface area contributed by atoms with Crippen molar-refractivity contribution in [2.75, 3.05) is 5.32 Å². The van der Waals surface area contributed by atoms with Crippen LogP contribution in [0.15, 0.2) is 42.7 Å². The Kier molecular flexibility index (Phi) is 4.47. The number of carbonyl (C=O) groups excluding carboxylic acids is 1. The average Bonchev–Trinajstić information content (AvgIpc) is 2.41. The lowest BCUT2D eigenvalue weighted by molar-refractivity contribution is -0.116. The standard InChI is InChI=1S/C14H12ClFN2O/c15-12-8-10(3-5-13(12)16)4-6-14(19)18-11-2-1-7-17-9-11/h1-3,5,7-9H,4,6H2,(H,18,19). The molecule has 0 bridgehead atoms. The second-order valence-electron chi connectivity index (χ2n) is 4.04. The molecule has 0 saturated carbocycles. The van der Waals surface area contributed by atoms with E-state index in [1.807, 2.05) is 0 Å². The fourth-order valence-electron chi connectivity index (χ4n) is 1.61. The number of benzene rings is 1. The number of nitrogens with zero attached hydrogens (tertiary/aromatic N) is 1. The molecule has 1 N–H and O–H groups in total. The molecule has 1 amide bonds. The van der Waals surface area contributed by atoms with E-state index in [0.717, 1.165) is 5.56 Å². The molecule has 5 heteroatoms. The molecule has 2 rings (SSSR count). The molecule has 98 valence electrons. The topological polar surface area (TPSA) is 42.0 Å². The van der Waals surface area contributed by atoms with E-state index in [9.17, 15) is 9.18 Å². The second kappa shape index (κ2) is 6.29. The summed E-state index contributed by atoms with van der Waals surface area (Å²) in [6.45, 7) is 0. The van der Waals surface area contributed by atoms with Crippen molar-refractivity contribution in [2.24, 2.45) is 0 Å². The van der Waals surface area contributed by atoms with Crippen molar-refractivity contribution < 1.29 is 9.18 Å². The molecule has 3 nitrogen and oxygen atoms in total. The summed E-state index contributed by atoms with van der Waals surface area (Å²) in [5, 5.41) is 2.80. The molecule has 19 heavy (non-hydrogen) atoms. The summed E-state index contributed by atoms with van der Waals surface area (Å²) in [5.41, 5.74) is 1.48. The largest absolute Gasteiger partial charge is 0.325 e. The highest BCUT2D eigenvalue weighted by Crippen LogP contribution is 2.17. The molecule has 0 atom stereocenters. The van der Waals surface area contributed by atoms with Crippen LogP contribution in [0.2, 0.25) is 5.02 Å². The summed E-state index contributed by atoms with van der Waals surface area (Å²) in [6.07, 6.45) is 4.02. The number of hydrogen-bond donors (Lipinski definition) is 1. The van der Waals surface area contributed by atoms with Crippen LogP contribution < -0.4 is 5.32 Å². The van der Waals surface area contributed by atoms with E-state index in [1.54, 1.807) is 30.6 Å². The minimum Gasteiger partial charge on any atom is -0.325 e. The number of aromatic nitrogens is 1. The Morgan fingerprint density at radius 1 is 1.37 bits per heavy atom. The van der Waals surface area contributed by atoms with Crippen molar-refractivity contribution in [3.63, 3.8) is 0 Å². The van der Waals surface area contributed by atoms with Gasteiger partial charge in [0.1, 0.15) is 5.82 Å². The molecule has 0 radical (unpaired) electrons. The minimum absolute atomic E-state index is 0.0742. The van der Waals surface area contributed by atoms with Gasteiger partial charge in [0.05, 0.1) is 16.9 Å². The molecular weight excluding hydrogens is 267 g/mol. The first kappa shape index (κ1) is 13.5. The quantitative estimate of drug-likeness (QED) is 0.931. The predicted molar refractivity (Wildman–Crippen MR) is 72.6 cm³/mol. The Hall–Kier alpha value is -1.94. The van der Waals surface area contributed by atoms with Gasteiger partial charge in [0.2, 0.25) is 5.91 Å². The summed E-state index contributed by atoms with van der Waals surface area (Å²) in [4.78, 5) is 15.6. The third kappa shape index (κ3) is 4.03. The molecule has 2 aromatic rings. The molecular formula is C14H12ClFN2O. The zero-order valence-electron chi connectivity index (χ0n) is 10.1. The highest BCUT2D eigenvalue weighted by molar-refractivity contribution is 6.30. The maximum atomic E-state index is 13.0. The lowest BCUT2D eigenvalue weighted by atomic mass is 10.1. The highest BCUT2D eigenvalue weighted by Gasteiger charge is 2.05. The molecule has 1 heterocycles. The van der Waals surface area contributed by atoms with Crippen molar-refractivity contribution in [1.29, 1.82) is 0 Å². The third-order valence-corrected chi connectivity index (χ3v) is 2.86. The fraction of sp³-hybridized carbons (Fsp3) is 0.143. The zero-order chi connectivity index (χ0) is 13.7. The Morgan fingerprint density at radius 3 is 2.89 bits per heavy atom. The molecule has 0 fully saturated rings. The van der Waals surface area contributed by atoms with E-state index in [1.165, 1.54) is 12.1 Å². The highest BCUT2D eigenvalue weighted by atomic mass is 35.5. The van der Waals surface area contributed by atoms with Crippen molar-refractivity contribution in [3.8, 4) is 0 Å². The minimum atomic E-state index is -0.453. The van der Waals surface area contributed by atoms with Crippen molar-refractivity contribution >= 4 is 23.2 Å². The molecule has 1 aromatic carbocycles. The van der Waals surface area contributed by atoms with Crippen molar-refractivity contribution in [3.05, 3.63) is 59.1 Å². The Balaban J connectivity index is 1.88. The lowest BCUT2D eigenvalue weighted by Crippen LogP contribution is -2.12. The number of anilines is 1. The average molecular weight is 279 g/mol. The molecule has 0 spiro atoms. The first-order valence-electron chi connectivity index (χ1n) is 5.79. The van der Waals surface area contributed by atoms with Gasteiger partial charge in [-0.1, -0.05) is 17.7 Å². The van der Waals surface area contributed by atoms with Gasteiger partial charge < -0.3 is 5.32 Å². The van der Waals surface area contributed by atoms with E-state index in [4.69, 9.17) is 11.6 Å². The molecule has 1 aromatic heterocycles. The number of carbonyl (C=O) groups is 1. The monoisotopic (exact) mass is 278 g/mol. The van der Waals surface area contributed by atoms with Gasteiger partial charge in [0.15, 0.2) is 0 Å². The third-order valence-electron chi connectivity index (χ3n) is 2.57. The van der Waals surface area contributed by atoms with E-state index < -0.39 is 5.82 Å². The lowest BCUT2D eigenvalue weighted by Gasteiger charge is -2.05. The van der Waals surface area contributed by atoms with E-state index in [-0.39, 0.29) is 10.9 Å². The predicted octanol–water partition coefficient (Wildman–Crippen LogP) is 3.45. The molecule has 0 aliphatic heterocycles. The first-order chi connectivity index (χ1) is 9.15. The van der Waals surface area contributed by atoms with Crippen LogP contribution in [0.1, 0.15) is 12.0 Å². The summed E-state index contributed by atoms with van der Waals surface area (Å²) in [6, 6.07) is 7.97. The van der Waals surface area contributed by atoms with Gasteiger partial charge in [-0.3, -0.25) is 9.78 Å². The summed E-state index contributed by atoms with van der Waals surface area (Å²) >= 11 is 5.68. The smallest absolute Gasteiger partial charge is 0.224 e. The Bertz CT molecular complexity index is 575. The normalized spacial score (nSPS) is 10.2. The van der Waals surface area contributed by atoms with Crippen LogP contribution in [-0.4, -0.2) is 10.9 Å². The first-order valence-corrected chi connectivity index (χ1v) is 6.17. The number of rotatable bonds is 4. The maximum Gasteiger partial charge on any atom is 0.224 e. The summed E-state index contributed by atoms with van der Waals surface area (Å²) < 4.78 is 13.0. The van der Waals surface area contributed by atoms with Crippen LogP contribution in [0.4, 0.5) is 10.1 Å². The van der Waals surface area contributed by atoms with Crippen molar-refractivity contribution in [1.82, 2.24) is 4.98 Å². The van der Waals surface area contributed by atoms with E-state index in [0.29, 0.717) is 18.5 Å². The summed E-state index contributed by atoms with van der Waals surface area (Å²) in [5.74, 6) is -0.571. The number of halogens is 2. The SMILES string of the molecule is O=C(CCc1ccc(F)c(Cl)c1)Nc1cccnc1. The Morgan fingerprint density at radius 2 is 2.21 bits per heavy atom. The second-order valence-corrected chi connectivity index (χ2v) is 4.45. The van der Waals surface area contributed by atoms with Gasteiger partial charge in [-0.15, -0.1) is 0 Å². The van der Waals surface area contributed by atoms with E-state index >= 15 is 0 Å². The number of pyridine rings is 1. The van der Waals surface area contributed by atoms with Gasteiger partial charge >= 0.3 is 0 Å². The van der Waals surface area contributed by atoms with Gasteiger partial charge in [-0.2, -0.15) is 0 Å². The van der Waals surface area contributed by atoms with Crippen LogP contribution in [0.3, 0.4) is 0 Å². The summed E-state index contributed by atoms with van der Waals surface area (Å²) in [7, 11) is 0. The number of amides is 1. The van der Waals surface area contributed by atoms with Crippen LogP contribution in [0.5, 0.6) is 0 Å². The van der Waals surface area contributed by atoms with Crippen LogP contribution >= 0.6 is 11.6 Å². The van der Waals surface area contributed by atoms with Crippen LogP contribution in [-0.2, 0) is 11.2 Å². The van der Waals surface area contributed by atoms with Crippen LogP contribution in [0.25, 0.3) is 0 Å². The van der Waals surface area contributed by atoms with Crippen molar-refractivity contribution in [2.45, 2.75) is 12.8 Å². The molecule has 0 saturated heterocycles. The zero-order valence-corrected chi connectivity index (χ0v) is 10.8. The molecule has 0 unspecified atom stereocenters. The number of nitrogens with one attached hydrogen (secondary N) is 1. The number of aryl methyl sites for hydroxylation is 1. The van der Waals surface area contributed by atoms with Gasteiger partial charge in [0.25, 0.3) is 0 Å². The van der Waals surface area contributed by atoms with Crippen LogP contribution in [0, 0.1) is 5.82 Å². The van der Waals surface area contributed by atoms with E-state index in [2.05, 4.69) is 10.3 Å². The fourth-order valence-corrected chi connectivity index (χ4v) is 1.82. The number of hydrogen-bond acceptors (Lipinski definition) is 2. The Labute approximate surface area is 115 Å². The van der Waals surface area contributed by atoms with Gasteiger partial charge in [-0.25, -0.2) is 4.39 Å². The molecule has 0 aliphatic rings. The maximum absolute atomic E-state index is 13.0. The molecule has 0 aliphatic carbocycles.